The zero-order chi connectivity index (χ0) is 13.8. The van der Waals surface area contributed by atoms with Crippen molar-refractivity contribution in [3.8, 4) is 0 Å². The van der Waals surface area contributed by atoms with E-state index in [4.69, 9.17) is 29.0 Å². The molecule has 100 valence electrons. The van der Waals surface area contributed by atoms with E-state index in [1.165, 1.54) is 5.56 Å². The summed E-state index contributed by atoms with van der Waals surface area (Å²) in [4.78, 5) is 0. The van der Waals surface area contributed by atoms with E-state index in [0.717, 1.165) is 17.5 Å². The van der Waals surface area contributed by atoms with Crippen molar-refractivity contribution in [2.75, 3.05) is 0 Å². The Balaban J connectivity index is 2.18. The summed E-state index contributed by atoms with van der Waals surface area (Å²) in [5.41, 5.74) is 6.32. The normalized spacial score (nSPS) is 12.4. The van der Waals surface area contributed by atoms with Crippen LogP contribution in [0.1, 0.15) is 22.7 Å². The predicted octanol–water partition coefficient (Wildman–Crippen LogP) is 4.05. The van der Waals surface area contributed by atoms with Crippen molar-refractivity contribution in [3.05, 3.63) is 69.2 Å². The zero-order valence-electron chi connectivity index (χ0n) is 10.7. The minimum absolute atomic E-state index is 0.0536. The van der Waals surface area contributed by atoms with E-state index in [0.29, 0.717) is 10.0 Å². The molecule has 2 aromatic rings. The largest absolute Gasteiger partial charge is 0.271 e. The number of hydrazine groups is 1. The Morgan fingerprint density at radius 3 is 2.32 bits per heavy atom. The van der Waals surface area contributed by atoms with Crippen LogP contribution in [-0.2, 0) is 6.42 Å². The monoisotopic (exact) mass is 294 g/mol. The molecule has 19 heavy (non-hydrogen) atoms. The second-order valence-electron chi connectivity index (χ2n) is 4.58. The molecule has 0 aliphatic rings. The number of benzene rings is 2. The summed E-state index contributed by atoms with van der Waals surface area (Å²) in [7, 11) is 0. The molecule has 0 fully saturated rings. The quantitative estimate of drug-likeness (QED) is 0.659. The van der Waals surface area contributed by atoms with Gasteiger partial charge in [-0.05, 0) is 36.6 Å². The highest BCUT2D eigenvalue weighted by atomic mass is 35.5. The molecule has 1 atom stereocenters. The molecule has 0 aliphatic heterocycles. The van der Waals surface area contributed by atoms with E-state index in [1.807, 2.05) is 18.2 Å². The van der Waals surface area contributed by atoms with Gasteiger partial charge in [-0.3, -0.25) is 11.3 Å². The Kier molecular flexibility index (Phi) is 4.83. The van der Waals surface area contributed by atoms with Crippen molar-refractivity contribution in [2.24, 2.45) is 5.84 Å². The van der Waals surface area contributed by atoms with Crippen LogP contribution >= 0.6 is 23.2 Å². The molecule has 0 aromatic heterocycles. The van der Waals surface area contributed by atoms with Gasteiger partial charge in [0.05, 0.1) is 10.0 Å². The van der Waals surface area contributed by atoms with Crippen LogP contribution in [0.15, 0.2) is 42.5 Å². The van der Waals surface area contributed by atoms with Crippen LogP contribution in [0.4, 0.5) is 0 Å². The first-order valence-electron chi connectivity index (χ1n) is 6.07. The SMILES string of the molecule is Cc1ccc(C(Cc2ccc(Cl)c(Cl)c2)NN)cc1. The van der Waals surface area contributed by atoms with Crippen molar-refractivity contribution in [1.29, 1.82) is 0 Å². The van der Waals surface area contributed by atoms with Crippen molar-refractivity contribution in [2.45, 2.75) is 19.4 Å². The maximum absolute atomic E-state index is 6.02. The lowest BCUT2D eigenvalue weighted by molar-refractivity contribution is 0.552. The van der Waals surface area contributed by atoms with Crippen LogP contribution in [0.2, 0.25) is 10.0 Å². The first-order chi connectivity index (χ1) is 9.10. The Morgan fingerprint density at radius 2 is 1.74 bits per heavy atom. The van der Waals surface area contributed by atoms with Crippen LogP contribution in [-0.4, -0.2) is 0 Å². The van der Waals surface area contributed by atoms with Crippen LogP contribution in [0.5, 0.6) is 0 Å². The first kappa shape index (κ1) is 14.4. The number of nitrogens with two attached hydrogens (primary N) is 1. The fourth-order valence-electron chi connectivity index (χ4n) is 1.97. The predicted molar refractivity (Wildman–Crippen MR) is 81.4 cm³/mol. The van der Waals surface area contributed by atoms with Gasteiger partial charge < -0.3 is 0 Å². The Bertz CT molecular complexity index is 553. The van der Waals surface area contributed by atoms with Crippen molar-refractivity contribution in [1.82, 2.24) is 5.43 Å². The molecule has 0 aliphatic carbocycles. The molecule has 3 N–H and O–H groups in total. The minimum atomic E-state index is 0.0536. The molecule has 0 amide bonds. The Labute approximate surface area is 123 Å². The summed E-state index contributed by atoms with van der Waals surface area (Å²) in [6.45, 7) is 2.06. The highest BCUT2D eigenvalue weighted by molar-refractivity contribution is 6.42. The first-order valence-corrected chi connectivity index (χ1v) is 6.82. The molecule has 0 saturated heterocycles. The van der Waals surface area contributed by atoms with Crippen molar-refractivity contribution >= 4 is 23.2 Å². The third-order valence-electron chi connectivity index (χ3n) is 3.10. The summed E-state index contributed by atoms with van der Waals surface area (Å²) in [6.07, 6.45) is 0.760. The van der Waals surface area contributed by atoms with Crippen LogP contribution in [0.3, 0.4) is 0 Å². The van der Waals surface area contributed by atoms with Gasteiger partial charge in [0, 0.05) is 6.04 Å². The maximum Gasteiger partial charge on any atom is 0.0595 e. The third kappa shape index (κ3) is 3.71. The molecule has 4 heteroatoms. The third-order valence-corrected chi connectivity index (χ3v) is 3.84. The molecule has 2 rings (SSSR count). The standard InChI is InChI=1S/C15H16Cl2N2/c1-10-2-5-12(6-3-10)15(19-18)9-11-4-7-13(16)14(17)8-11/h2-8,15,19H,9,18H2,1H3. The van der Waals surface area contributed by atoms with E-state index in [2.05, 4.69) is 36.6 Å². The molecular formula is C15H16Cl2N2. The number of hydrogen-bond acceptors (Lipinski definition) is 2. The van der Waals surface area contributed by atoms with Crippen molar-refractivity contribution < 1.29 is 0 Å². The van der Waals surface area contributed by atoms with Gasteiger partial charge in [-0.15, -0.1) is 0 Å². The van der Waals surface area contributed by atoms with Gasteiger partial charge >= 0.3 is 0 Å². The summed E-state index contributed by atoms with van der Waals surface area (Å²) in [6, 6.07) is 14.0. The molecule has 2 nitrogen and oxygen atoms in total. The van der Waals surface area contributed by atoms with Crippen LogP contribution in [0, 0.1) is 6.92 Å². The number of hydrogen-bond donors (Lipinski definition) is 2. The fraction of sp³-hybridized carbons (Fsp3) is 0.200. The Hall–Kier alpha value is -1.06. The number of aryl methyl sites for hydroxylation is 1. The summed E-state index contributed by atoms with van der Waals surface area (Å²) < 4.78 is 0. The summed E-state index contributed by atoms with van der Waals surface area (Å²) in [5, 5.41) is 1.14. The van der Waals surface area contributed by atoms with Gasteiger partial charge in [-0.2, -0.15) is 0 Å². The summed E-state index contributed by atoms with van der Waals surface area (Å²) >= 11 is 11.9. The van der Waals surface area contributed by atoms with Gasteiger partial charge in [0.25, 0.3) is 0 Å². The zero-order valence-corrected chi connectivity index (χ0v) is 12.2. The Morgan fingerprint density at radius 1 is 1.05 bits per heavy atom. The van der Waals surface area contributed by atoms with E-state index in [-0.39, 0.29) is 6.04 Å². The number of halogens is 2. The lowest BCUT2D eigenvalue weighted by Gasteiger charge is -2.17. The second-order valence-corrected chi connectivity index (χ2v) is 5.40. The summed E-state index contributed by atoms with van der Waals surface area (Å²) in [5.74, 6) is 5.65. The smallest absolute Gasteiger partial charge is 0.0595 e. The molecule has 1 unspecified atom stereocenters. The van der Waals surface area contributed by atoms with Gasteiger partial charge in [0.1, 0.15) is 0 Å². The second kappa shape index (κ2) is 6.40. The van der Waals surface area contributed by atoms with Crippen molar-refractivity contribution in [3.63, 3.8) is 0 Å². The molecular weight excluding hydrogens is 279 g/mol. The lowest BCUT2D eigenvalue weighted by Crippen LogP contribution is -2.29. The lowest BCUT2D eigenvalue weighted by atomic mass is 9.98. The minimum Gasteiger partial charge on any atom is -0.271 e. The molecule has 2 aromatic carbocycles. The van der Waals surface area contributed by atoms with Gasteiger partial charge in [-0.25, -0.2) is 0 Å². The van der Waals surface area contributed by atoms with E-state index in [1.54, 1.807) is 0 Å². The fourth-order valence-corrected chi connectivity index (χ4v) is 2.29. The van der Waals surface area contributed by atoms with E-state index in [9.17, 15) is 0 Å². The maximum atomic E-state index is 6.02. The molecule has 0 saturated carbocycles. The topological polar surface area (TPSA) is 38.0 Å². The molecule has 0 radical (unpaired) electrons. The number of nitrogens with one attached hydrogen (secondary N) is 1. The highest BCUT2D eigenvalue weighted by Crippen LogP contribution is 2.25. The van der Waals surface area contributed by atoms with E-state index >= 15 is 0 Å². The average molecular weight is 295 g/mol. The van der Waals surface area contributed by atoms with E-state index < -0.39 is 0 Å². The van der Waals surface area contributed by atoms with Gasteiger partial charge in [-0.1, -0.05) is 59.1 Å². The average Bonchev–Trinajstić information content (AvgIpc) is 2.41. The molecule has 0 spiro atoms. The highest BCUT2D eigenvalue weighted by Gasteiger charge is 2.11. The number of rotatable bonds is 4. The van der Waals surface area contributed by atoms with Crippen LogP contribution < -0.4 is 11.3 Å². The molecule has 0 bridgehead atoms. The van der Waals surface area contributed by atoms with Crippen LogP contribution in [0.25, 0.3) is 0 Å². The van der Waals surface area contributed by atoms with Gasteiger partial charge in [0.2, 0.25) is 0 Å². The molecule has 0 heterocycles. The van der Waals surface area contributed by atoms with Gasteiger partial charge in [0.15, 0.2) is 0 Å².